The van der Waals surface area contributed by atoms with Gasteiger partial charge in [0.1, 0.15) is 6.26 Å². The molecule has 1 amide bonds. The van der Waals surface area contributed by atoms with E-state index in [1.54, 1.807) is 18.2 Å². The summed E-state index contributed by atoms with van der Waals surface area (Å²) >= 11 is 6.29. The van der Waals surface area contributed by atoms with Crippen LogP contribution in [0.4, 0.5) is 13.2 Å². The largest absolute Gasteiger partial charge is 0.447 e. The fourth-order valence-corrected chi connectivity index (χ4v) is 3.37. The first-order valence-corrected chi connectivity index (χ1v) is 10.5. The van der Waals surface area contributed by atoms with E-state index >= 15 is 0 Å². The molecule has 0 radical (unpaired) electrons. The van der Waals surface area contributed by atoms with Gasteiger partial charge in [-0.25, -0.2) is 4.98 Å². The van der Waals surface area contributed by atoms with Gasteiger partial charge < -0.3 is 14.5 Å². The second-order valence-electron chi connectivity index (χ2n) is 7.31. The SMILES string of the molecule is COCCNC(=O)c1coc(CN(Cc2cccc(C(F)(F)F)c2)Cc2ccccc2Cl)n1. The molecule has 0 spiro atoms. The molecule has 0 unspecified atom stereocenters. The lowest BCUT2D eigenvalue weighted by molar-refractivity contribution is -0.137. The zero-order chi connectivity index (χ0) is 23.8. The summed E-state index contributed by atoms with van der Waals surface area (Å²) in [7, 11) is 1.53. The van der Waals surface area contributed by atoms with E-state index < -0.39 is 17.6 Å². The average Bonchev–Trinajstić information content (AvgIpc) is 3.24. The van der Waals surface area contributed by atoms with Crippen molar-refractivity contribution in [2.45, 2.75) is 25.8 Å². The number of hydrogen-bond acceptors (Lipinski definition) is 5. The Kier molecular flexibility index (Phi) is 8.49. The summed E-state index contributed by atoms with van der Waals surface area (Å²) in [4.78, 5) is 18.2. The fraction of sp³-hybridized carbons (Fsp3) is 0.304. The van der Waals surface area contributed by atoms with E-state index in [-0.39, 0.29) is 24.7 Å². The van der Waals surface area contributed by atoms with E-state index in [9.17, 15) is 18.0 Å². The first kappa shape index (κ1) is 24.8. The Morgan fingerprint density at radius 3 is 2.67 bits per heavy atom. The number of benzene rings is 2. The number of carbonyl (C=O) groups is 1. The number of nitrogens with zero attached hydrogens (tertiary/aromatic N) is 2. The summed E-state index contributed by atoms with van der Waals surface area (Å²) in [6.07, 6.45) is -3.19. The van der Waals surface area contributed by atoms with E-state index in [1.165, 1.54) is 19.4 Å². The highest BCUT2D eigenvalue weighted by Crippen LogP contribution is 2.30. The molecular formula is C23H23ClF3N3O3. The molecule has 3 rings (SSSR count). The predicted molar refractivity (Wildman–Crippen MR) is 117 cm³/mol. The quantitative estimate of drug-likeness (QED) is 0.416. The molecule has 0 saturated heterocycles. The third-order valence-electron chi connectivity index (χ3n) is 4.75. The first-order valence-electron chi connectivity index (χ1n) is 10.1. The summed E-state index contributed by atoms with van der Waals surface area (Å²) in [5.41, 5.74) is 0.665. The Bertz CT molecular complexity index is 1070. The van der Waals surface area contributed by atoms with Crippen molar-refractivity contribution in [2.24, 2.45) is 0 Å². The highest BCUT2D eigenvalue weighted by molar-refractivity contribution is 6.31. The number of oxazole rings is 1. The van der Waals surface area contributed by atoms with Crippen molar-refractivity contribution in [3.63, 3.8) is 0 Å². The molecule has 0 aliphatic carbocycles. The van der Waals surface area contributed by atoms with Crippen molar-refractivity contribution in [3.05, 3.63) is 88.1 Å². The van der Waals surface area contributed by atoms with Crippen molar-refractivity contribution >= 4 is 17.5 Å². The van der Waals surface area contributed by atoms with Crippen molar-refractivity contribution in [3.8, 4) is 0 Å². The van der Waals surface area contributed by atoms with Gasteiger partial charge in [-0.05, 0) is 23.3 Å². The number of hydrogen-bond donors (Lipinski definition) is 1. The van der Waals surface area contributed by atoms with E-state index in [0.717, 1.165) is 17.7 Å². The second-order valence-corrected chi connectivity index (χ2v) is 7.72. The van der Waals surface area contributed by atoms with Gasteiger partial charge in [-0.15, -0.1) is 0 Å². The van der Waals surface area contributed by atoms with Crippen LogP contribution >= 0.6 is 11.6 Å². The topological polar surface area (TPSA) is 67.6 Å². The molecule has 0 atom stereocenters. The Labute approximate surface area is 194 Å². The highest BCUT2D eigenvalue weighted by atomic mass is 35.5. The third-order valence-corrected chi connectivity index (χ3v) is 5.12. The normalized spacial score (nSPS) is 11.7. The molecule has 1 aromatic heterocycles. The molecule has 1 heterocycles. The number of methoxy groups -OCH3 is 1. The maximum absolute atomic E-state index is 13.1. The molecule has 6 nitrogen and oxygen atoms in total. The van der Waals surface area contributed by atoms with Crippen LogP contribution in [-0.2, 0) is 30.5 Å². The molecule has 0 saturated carbocycles. The first-order chi connectivity index (χ1) is 15.8. The van der Waals surface area contributed by atoms with Crippen molar-refractivity contribution < 1.29 is 27.1 Å². The van der Waals surface area contributed by atoms with Crippen molar-refractivity contribution in [2.75, 3.05) is 20.3 Å². The number of aromatic nitrogens is 1. The minimum Gasteiger partial charge on any atom is -0.447 e. The van der Waals surface area contributed by atoms with E-state index in [1.807, 2.05) is 17.0 Å². The minimum absolute atomic E-state index is 0.109. The minimum atomic E-state index is -4.43. The van der Waals surface area contributed by atoms with Gasteiger partial charge in [0.05, 0.1) is 18.7 Å². The van der Waals surface area contributed by atoms with Crippen LogP contribution in [0.25, 0.3) is 0 Å². The number of alkyl halides is 3. The van der Waals surface area contributed by atoms with Crippen LogP contribution in [0, 0.1) is 0 Å². The van der Waals surface area contributed by atoms with Crippen molar-refractivity contribution in [1.29, 1.82) is 0 Å². The van der Waals surface area contributed by atoms with Crippen LogP contribution in [0.2, 0.25) is 5.02 Å². The third kappa shape index (κ3) is 7.31. The van der Waals surface area contributed by atoms with Gasteiger partial charge in [0.25, 0.3) is 5.91 Å². The number of ether oxygens (including phenoxy) is 1. The molecule has 1 N–H and O–H groups in total. The monoisotopic (exact) mass is 481 g/mol. The Morgan fingerprint density at radius 1 is 1.15 bits per heavy atom. The maximum Gasteiger partial charge on any atom is 0.416 e. The van der Waals surface area contributed by atoms with Gasteiger partial charge in [-0.3, -0.25) is 9.69 Å². The van der Waals surface area contributed by atoms with Crippen LogP contribution in [0.1, 0.15) is 33.1 Å². The van der Waals surface area contributed by atoms with Crippen LogP contribution in [0.5, 0.6) is 0 Å². The van der Waals surface area contributed by atoms with Gasteiger partial charge in [0, 0.05) is 31.8 Å². The fourth-order valence-electron chi connectivity index (χ4n) is 3.18. The van der Waals surface area contributed by atoms with Gasteiger partial charge in [-0.2, -0.15) is 13.2 Å². The number of rotatable bonds is 10. The van der Waals surface area contributed by atoms with E-state index in [0.29, 0.717) is 30.3 Å². The molecule has 33 heavy (non-hydrogen) atoms. The van der Waals surface area contributed by atoms with E-state index in [4.69, 9.17) is 20.8 Å². The average molecular weight is 482 g/mol. The standard InChI is InChI=1S/C23H23ClF3N3O3/c1-32-10-9-28-22(31)20-15-33-21(29-20)14-30(13-17-6-2-3-8-19(17)24)12-16-5-4-7-18(11-16)23(25,26)27/h2-8,11,15H,9-10,12-14H2,1H3,(H,28,31). The molecular weight excluding hydrogens is 459 g/mol. The summed E-state index contributed by atoms with van der Waals surface area (Å²) in [5.74, 6) is -0.150. The second kappa shape index (κ2) is 11.3. The van der Waals surface area contributed by atoms with E-state index in [2.05, 4.69) is 10.3 Å². The van der Waals surface area contributed by atoms with Crippen LogP contribution in [0.15, 0.2) is 59.2 Å². The van der Waals surface area contributed by atoms with Crippen LogP contribution in [0.3, 0.4) is 0 Å². The van der Waals surface area contributed by atoms with Gasteiger partial charge in [-0.1, -0.05) is 48.0 Å². The number of carbonyl (C=O) groups excluding carboxylic acids is 1. The number of nitrogens with one attached hydrogen (secondary N) is 1. The molecule has 0 fully saturated rings. The zero-order valence-corrected chi connectivity index (χ0v) is 18.6. The lowest BCUT2D eigenvalue weighted by Crippen LogP contribution is -2.27. The molecule has 2 aromatic carbocycles. The van der Waals surface area contributed by atoms with Crippen LogP contribution < -0.4 is 5.32 Å². The summed E-state index contributed by atoms with van der Waals surface area (Å²) in [6.45, 7) is 1.37. The predicted octanol–water partition coefficient (Wildman–Crippen LogP) is 4.93. The highest BCUT2D eigenvalue weighted by Gasteiger charge is 2.30. The lowest BCUT2D eigenvalue weighted by atomic mass is 10.1. The smallest absolute Gasteiger partial charge is 0.416 e. The van der Waals surface area contributed by atoms with Gasteiger partial charge in [0.2, 0.25) is 5.89 Å². The van der Waals surface area contributed by atoms with Crippen LogP contribution in [-0.4, -0.2) is 36.1 Å². The molecule has 0 aliphatic rings. The summed E-state index contributed by atoms with van der Waals surface area (Å²) in [6, 6.07) is 12.4. The molecule has 0 bridgehead atoms. The summed E-state index contributed by atoms with van der Waals surface area (Å²) < 4.78 is 49.8. The molecule has 176 valence electrons. The lowest BCUT2D eigenvalue weighted by Gasteiger charge is -2.22. The Hall–Kier alpha value is -2.88. The van der Waals surface area contributed by atoms with Gasteiger partial charge >= 0.3 is 6.18 Å². The maximum atomic E-state index is 13.1. The Morgan fingerprint density at radius 2 is 1.94 bits per heavy atom. The molecule has 0 aliphatic heterocycles. The van der Waals surface area contributed by atoms with Gasteiger partial charge in [0.15, 0.2) is 5.69 Å². The molecule has 10 heteroatoms. The molecule has 3 aromatic rings. The zero-order valence-electron chi connectivity index (χ0n) is 17.9. The summed E-state index contributed by atoms with van der Waals surface area (Å²) in [5, 5.41) is 3.19. The Balaban J connectivity index is 1.78. The number of amides is 1. The van der Waals surface area contributed by atoms with Crippen molar-refractivity contribution in [1.82, 2.24) is 15.2 Å². The number of halogens is 4.